The maximum atomic E-state index is 13.4. The number of aliphatic hydroxyl groups excluding tert-OH is 1. The van der Waals surface area contributed by atoms with E-state index in [-0.39, 0.29) is 36.8 Å². The molecule has 1 aromatic carbocycles. The molecule has 1 aromatic heterocycles. The van der Waals surface area contributed by atoms with Gasteiger partial charge < -0.3 is 29.9 Å². The van der Waals surface area contributed by atoms with Crippen molar-refractivity contribution in [3.8, 4) is 0 Å². The Morgan fingerprint density at radius 2 is 2.06 bits per heavy atom. The molecule has 2 amide bonds. The van der Waals surface area contributed by atoms with Crippen molar-refractivity contribution in [2.45, 2.75) is 51.8 Å². The van der Waals surface area contributed by atoms with E-state index in [2.05, 4.69) is 10.5 Å². The topological polar surface area (TPSA) is 136 Å². The molecule has 3 rings (SSSR count). The van der Waals surface area contributed by atoms with Gasteiger partial charge in [0.1, 0.15) is 17.7 Å². The van der Waals surface area contributed by atoms with Crippen LogP contribution in [0.3, 0.4) is 0 Å². The van der Waals surface area contributed by atoms with E-state index in [0.29, 0.717) is 22.0 Å². The van der Waals surface area contributed by atoms with Crippen LogP contribution in [0, 0.1) is 12.8 Å². The summed E-state index contributed by atoms with van der Waals surface area (Å²) in [6.45, 7) is 5.56. The fourth-order valence-electron chi connectivity index (χ4n) is 4.02. The Balaban J connectivity index is 1.76. The van der Waals surface area contributed by atoms with Crippen LogP contribution in [0.1, 0.15) is 43.2 Å². The number of rotatable bonds is 7. The van der Waals surface area contributed by atoms with Gasteiger partial charge in [0.25, 0.3) is 0 Å². The van der Waals surface area contributed by atoms with E-state index in [1.165, 1.54) is 11.0 Å². The van der Waals surface area contributed by atoms with Crippen LogP contribution in [0.4, 0.5) is 0 Å². The van der Waals surface area contributed by atoms with E-state index in [0.717, 1.165) is 0 Å². The Morgan fingerprint density at radius 3 is 2.66 bits per heavy atom. The maximum absolute atomic E-state index is 13.4. The predicted molar refractivity (Wildman–Crippen MR) is 118 cm³/mol. The number of β-amino-alcohol motifs (C(OH)–C–C–N with tert-alkyl or cyclic N) is 1. The number of likely N-dealkylation sites (tertiary alicyclic amines) is 1. The van der Waals surface area contributed by atoms with E-state index in [9.17, 15) is 24.7 Å². The molecular formula is C21H27BClN3O6. The maximum Gasteiger partial charge on any atom is 0.488 e. The molecule has 11 heteroatoms. The SMILES string of the molecule is Cc1cc([C@@H](C(=O)N2C[C@H](O)C[C@H]2C(=O)NCc2ccc(Cl)cc2B(O)O)C(C)C)on1. The molecule has 32 heavy (non-hydrogen) atoms. The van der Waals surface area contributed by atoms with Gasteiger partial charge in [0.05, 0.1) is 11.8 Å². The summed E-state index contributed by atoms with van der Waals surface area (Å²) in [5.74, 6) is -1.08. The molecule has 2 heterocycles. The van der Waals surface area contributed by atoms with E-state index < -0.39 is 31.1 Å². The van der Waals surface area contributed by atoms with Crippen molar-refractivity contribution in [1.82, 2.24) is 15.4 Å². The smallest absolute Gasteiger partial charge is 0.423 e. The Bertz CT molecular complexity index is 982. The molecule has 0 bridgehead atoms. The zero-order valence-electron chi connectivity index (χ0n) is 18.2. The van der Waals surface area contributed by atoms with E-state index in [1.807, 2.05) is 13.8 Å². The van der Waals surface area contributed by atoms with E-state index >= 15 is 0 Å². The normalized spacial score (nSPS) is 19.3. The number of nitrogens with zero attached hydrogens (tertiary/aromatic N) is 2. The molecule has 0 unspecified atom stereocenters. The second-order valence-electron chi connectivity index (χ2n) is 8.42. The number of amides is 2. The number of nitrogens with one attached hydrogen (secondary N) is 1. The highest BCUT2D eigenvalue weighted by molar-refractivity contribution is 6.59. The zero-order chi connectivity index (χ0) is 23.6. The fourth-order valence-corrected chi connectivity index (χ4v) is 4.20. The van der Waals surface area contributed by atoms with Crippen LogP contribution >= 0.6 is 11.6 Å². The molecule has 0 aliphatic carbocycles. The summed E-state index contributed by atoms with van der Waals surface area (Å²) in [4.78, 5) is 27.7. The lowest BCUT2D eigenvalue weighted by molar-refractivity contribution is -0.141. The summed E-state index contributed by atoms with van der Waals surface area (Å²) >= 11 is 5.91. The van der Waals surface area contributed by atoms with Gasteiger partial charge in [0.2, 0.25) is 11.8 Å². The first-order valence-corrected chi connectivity index (χ1v) is 10.8. The van der Waals surface area contributed by atoms with Gasteiger partial charge in [0.15, 0.2) is 0 Å². The number of carbonyl (C=O) groups is 2. The largest absolute Gasteiger partial charge is 0.488 e. The molecule has 0 radical (unpaired) electrons. The summed E-state index contributed by atoms with van der Waals surface area (Å²) in [6, 6.07) is 5.42. The fraction of sp³-hybridized carbons (Fsp3) is 0.476. The van der Waals surface area contributed by atoms with Gasteiger partial charge in [-0.2, -0.15) is 0 Å². The van der Waals surface area contributed by atoms with Gasteiger partial charge in [-0.3, -0.25) is 9.59 Å². The van der Waals surface area contributed by atoms with E-state index in [1.54, 1.807) is 25.1 Å². The van der Waals surface area contributed by atoms with Crippen LogP contribution in [-0.2, 0) is 16.1 Å². The highest BCUT2D eigenvalue weighted by atomic mass is 35.5. The molecular weight excluding hydrogens is 437 g/mol. The summed E-state index contributed by atoms with van der Waals surface area (Å²) in [5.41, 5.74) is 1.31. The van der Waals surface area contributed by atoms with E-state index in [4.69, 9.17) is 16.1 Å². The monoisotopic (exact) mass is 463 g/mol. The van der Waals surface area contributed by atoms with Crippen molar-refractivity contribution in [1.29, 1.82) is 0 Å². The lowest BCUT2D eigenvalue weighted by atomic mass is 9.77. The number of hydrogen-bond donors (Lipinski definition) is 4. The lowest BCUT2D eigenvalue weighted by Crippen LogP contribution is -2.48. The second-order valence-corrected chi connectivity index (χ2v) is 8.86. The summed E-state index contributed by atoms with van der Waals surface area (Å²) < 4.78 is 5.32. The minimum Gasteiger partial charge on any atom is -0.423 e. The molecule has 2 aromatic rings. The molecule has 172 valence electrons. The van der Waals surface area contributed by atoms with Crippen LogP contribution in [0.5, 0.6) is 0 Å². The molecule has 3 atom stereocenters. The number of aliphatic hydroxyl groups is 1. The van der Waals surface area contributed by atoms with Crippen LogP contribution in [0.25, 0.3) is 0 Å². The van der Waals surface area contributed by atoms with Gasteiger partial charge in [-0.25, -0.2) is 0 Å². The number of aromatic nitrogens is 1. The first-order valence-electron chi connectivity index (χ1n) is 10.4. The van der Waals surface area contributed by atoms with Gasteiger partial charge in [0, 0.05) is 30.6 Å². The first kappa shape index (κ1) is 24.3. The average molecular weight is 464 g/mol. The summed E-state index contributed by atoms with van der Waals surface area (Å²) in [7, 11) is -1.75. The highest BCUT2D eigenvalue weighted by Crippen LogP contribution is 2.31. The molecule has 1 aliphatic heterocycles. The molecule has 1 aliphatic rings. The Hall–Kier alpha value is -2.40. The number of halogens is 1. The molecule has 1 fully saturated rings. The minimum atomic E-state index is -1.75. The number of carbonyl (C=O) groups excluding carboxylic acids is 2. The third-order valence-corrected chi connectivity index (χ3v) is 5.82. The Labute approximate surface area is 191 Å². The first-order chi connectivity index (χ1) is 15.1. The standard InChI is InChI=1S/C21H27BClN3O6/c1-11(2)19(18-6-12(3)25-32-18)21(29)26-10-15(27)8-17(26)20(28)24-9-13-4-5-14(23)7-16(13)22(30)31/h4-7,11,15,17,19,27,30-31H,8-10H2,1-3H3,(H,24,28)/t15-,17+,19+/m1/s1. The lowest BCUT2D eigenvalue weighted by Gasteiger charge is -2.28. The van der Waals surface area contributed by atoms with Crippen molar-refractivity contribution in [3.05, 3.63) is 46.3 Å². The molecule has 4 N–H and O–H groups in total. The van der Waals surface area contributed by atoms with Crippen LogP contribution in [0.2, 0.25) is 5.02 Å². The predicted octanol–water partition coefficient (Wildman–Crippen LogP) is 0.334. The van der Waals surface area contributed by atoms with Crippen molar-refractivity contribution in [3.63, 3.8) is 0 Å². The quantitative estimate of drug-likeness (QED) is 0.435. The Morgan fingerprint density at radius 1 is 1.34 bits per heavy atom. The van der Waals surface area contributed by atoms with Crippen molar-refractivity contribution < 1.29 is 29.3 Å². The summed E-state index contributed by atoms with van der Waals surface area (Å²) in [5, 5.41) is 36.3. The van der Waals surface area contributed by atoms with Crippen molar-refractivity contribution >= 4 is 36.0 Å². The van der Waals surface area contributed by atoms with Crippen molar-refractivity contribution in [2.75, 3.05) is 6.54 Å². The zero-order valence-corrected chi connectivity index (χ0v) is 18.9. The molecule has 0 spiro atoms. The van der Waals surface area contributed by atoms with Crippen molar-refractivity contribution in [2.24, 2.45) is 5.92 Å². The van der Waals surface area contributed by atoms with Crippen LogP contribution < -0.4 is 10.8 Å². The van der Waals surface area contributed by atoms with Gasteiger partial charge in [-0.15, -0.1) is 0 Å². The van der Waals surface area contributed by atoms with Gasteiger partial charge in [-0.1, -0.05) is 36.7 Å². The third kappa shape index (κ3) is 5.32. The van der Waals surface area contributed by atoms with Crippen LogP contribution in [-0.4, -0.2) is 62.8 Å². The van der Waals surface area contributed by atoms with Crippen LogP contribution in [0.15, 0.2) is 28.8 Å². The van der Waals surface area contributed by atoms with Gasteiger partial charge in [-0.05, 0) is 36.0 Å². The number of benzene rings is 1. The average Bonchev–Trinajstić information content (AvgIpc) is 3.32. The summed E-state index contributed by atoms with van der Waals surface area (Å²) in [6.07, 6.45) is -0.724. The molecule has 9 nitrogen and oxygen atoms in total. The molecule has 1 saturated heterocycles. The minimum absolute atomic E-state index is 0.00644. The molecule has 0 saturated carbocycles. The second kappa shape index (κ2) is 10.0. The number of hydrogen-bond acceptors (Lipinski definition) is 7. The third-order valence-electron chi connectivity index (χ3n) is 5.59. The Kier molecular flexibility index (Phi) is 7.61. The highest BCUT2D eigenvalue weighted by Gasteiger charge is 2.43. The van der Waals surface area contributed by atoms with Gasteiger partial charge >= 0.3 is 7.12 Å². The number of aryl methyl sites for hydroxylation is 1.